The van der Waals surface area contributed by atoms with Gasteiger partial charge in [-0.1, -0.05) is 33.6 Å². The molecule has 1 aromatic heterocycles. The Kier molecular flexibility index (Phi) is 7.60. The summed E-state index contributed by atoms with van der Waals surface area (Å²) in [6.07, 6.45) is 4.38. The molecule has 0 aliphatic rings. The van der Waals surface area contributed by atoms with Crippen molar-refractivity contribution in [2.24, 2.45) is 5.92 Å². The van der Waals surface area contributed by atoms with Gasteiger partial charge in [-0.15, -0.1) is 0 Å². The molecule has 5 heteroatoms. The number of hydrogen-bond acceptors (Lipinski definition) is 4. The van der Waals surface area contributed by atoms with E-state index in [1.54, 1.807) is 6.20 Å². The zero-order chi connectivity index (χ0) is 19.9. The molecule has 27 heavy (non-hydrogen) atoms. The minimum Gasteiger partial charge on any atom is -0.491 e. The number of unbranched alkanes of at least 4 members (excludes halogenated alkanes) is 1. The number of nitrogens with zero attached hydrogens (tertiary/aromatic N) is 1. The number of nitrogens with one attached hydrogen (secondary N) is 1. The Hall–Kier alpha value is -2.14. The Morgan fingerprint density at radius 2 is 2.04 bits per heavy atom. The minimum absolute atomic E-state index is 0.126. The number of ether oxygens (including phenoxy) is 2. The molecule has 0 aliphatic carbocycles. The number of carbonyl (C=O) groups excluding carboxylic acids is 1. The van der Waals surface area contributed by atoms with E-state index in [4.69, 9.17) is 9.47 Å². The standard InChI is InChI=1S/C22H32N2O3/c1-6-8-13-22(5,27-7-2)21(25)24-18-11-12-19(26-15-16(3)4)20-17(18)10-9-14-23-20/h9-12,14,16H,6-8,13,15H2,1-5H3,(H,24,25). The van der Waals surface area contributed by atoms with Gasteiger partial charge in [0.15, 0.2) is 0 Å². The molecule has 2 rings (SSSR count). The van der Waals surface area contributed by atoms with E-state index in [2.05, 4.69) is 31.1 Å². The van der Waals surface area contributed by atoms with Crippen LogP contribution < -0.4 is 10.1 Å². The van der Waals surface area contributed by atoms with E-state index in [9.17, 15) is 4.79 Å². The number of benzene rings is 1. The first-order valence-electron chi connectivity index (χ1n) is 9.87. The van der Waals surface area contributed by atoms with Crippen LogP contribution >= 0.6 is 0 Å². The van der Waals surface area contributed by atoms with Crippen LogP contribution in [0.4, 0.5) is 5.69 Å². The second-order valence-corrected chi connectivity index (χ2v) is 7.44. The highest BCUT2D eigenvalue weighted by Gasteiger charge is 2.33. The van der Waals surface area contributed by atoms with E-state index < -0.39 is 5.60 Å². The van der Waals surface area contributed by atoms with Gasteiger partial charge in [0.25, 0.3) is 5.91 Å². The van der Waals surface area contributed by atoms with Crippen LogP contribution in [-0.2, 0) is 9.53 Å². The molecule has 0 aliphatic heterocycles. The fourth-order valence-corrected chi connectivity index (χ4v) is 2.97. The Morgan fingerprint density at radius 3 is 2.70 bits per heavy atom. The second kappa shape index (κ2) is 9.70. The van der Waals surface area contributed by atoms with Crippen molar-refractivity contribution in [1.82, 2.24) is 4.98 Å². The summed E-state index contributed by atoms with van der Waals surface area (Å²) < 4.78 is 11.7. The predicted molar refractivity (Wildman–Crippen MR) is 110 cm³/mol. The smallest absolute Gasteiger partial charge is 0.256 e. The third-order valence-electron chi connectivity index (χ3n) is 4.50. The van der Waals surface area contributed by atoms with Crippen molar-refractivity contribution >= 4 is 22.5 Å². The number of fused-ring (bicyclic) bond motifs is 1. The fourth-order valence-electron chi connectivity index (χ4n) is 2.97. The lowest BCUT2D eigenvalue weighted by Crippen LogP contribution is -2.42. The lowest BCUT2D eigenvalue weighted by atomic mass is 9.97. The zero-order valence-corrected chi connectivity index (χ0v) is 17.2. The van der Waals surface area contributed by atoms with E-state index >= 15 is 0 Å². The van der Waals surface area contributed by atoms with Gasteiger partial charge >= 0.3 is 0 Å². The average molecular weight is 373 g/mol. The summed E-state index contributed by atoms with van der Waals surface area (Å²) in [7, 11) is 0. The average Bonchev–Trinajstić information content (AvgIpc) is 2.65. The van der Waals surface area contributed by atoms with Gasteiger partial charge in [0.05, 0.1) is 12.3 Å². The molecule has 1 N–H and O–H groups in total. The third kappa shape index (κ3) is 5.42. The fraction of sp³-hybridized carbons (Fsp3) is 0.545. The van der Waals surface area contributed by atoms with Gasteiger partial charge < -0.3 is 14.8 Å². The lowest BCUT2D eigenvalue weighted by molar-refractivity contribution is -0.139. The second-order valence-electron chi connectivity index (χ2n) is 7.44. The highest BCUT2D eigenvalue weighted by molar-refractivity contribution is 6.05. The van der Waals surface area contributed by atoms with E-state index in [-0.39, 0.29) is 5.91 Å². The zero-order valence-electron chi connectivity index (χ0n) is 17.2. The van der Waals surface area contributed by atoms with E-state index in [1.165, 1.54) is 0 Å². The monoisotopic (exact) mass is 372 g/mol. The van der Waals surface area contributed by atoms with Gasteiger partial charge in [0, 0.05) is 18.2 Å². The van der Waals surface area contributed by atoms with E-state index in [0.29, 0.717) is 25.6 Å². The van der Waals surface area contributed by atoms with Crippen molar-refractivity contribution in [2.45, 2.75) is 59.5 Å². The quantitative estimate of drug-likeness (QED) is 0.623. The van der Waals surface area contributed by atoms with Crippen molar-refractivity contribution < 1.29 is 14.3 Å². The summed E-state index contributed by atoms with van der Waals surface area (Å²) in [4.78, 5) is 17.5. The normalized spacial score (nSPS) is 13.6. The molecule has 0 bridgehead atoms. The Morgan fingerprint density at radius 1 is 1.26 bits per heavy atom. The van der Waals surface area contributed by atoms with Crippen LogP contribution in [0.3, 0.4) is 0 Å². The van der Waals surface area contributed by atoms with E-state index in [0.717, 1.165) is 35.2 Å². The maximum atomic E-state index is 13.0. The summed E-state index contributed by atoms with van der Waals surface area (Å²) in [5.41, 5.74) is 0.636. The molecule has 1 aromatic carbocycles. The Labute approximate surface area is 162 Å². The van der Waals surface area contributed by atoms with Crippen LogP contribution in [0.15, 0.2) is 30.5 Å². The summed E-state index contributed by atoms with van der Waals surface area (Å²) in [5, 5.41) is 3.91. The molecular formula is C22H32N2O3. The number of rotatable bonds is 10. The number of carbonyl (C=O) groups is 1. The van der Waals surface area contributed by atoms with Crippen molar-refractivity contribution in [3.8, 4) is 5.75 Å². The minimum atomic E-state index is -0.841. The van der Waals surface area contributed by atoms with Crippen LogP contribution in [0, 0.1) is 5.92 Å². The molecule has 1 atom stereocenters. The molecule has 5 nitrogen and oxygen atoms in total. The summed E-state index contributed by atoms with van der Waals surface area (Å²) >= 11 is 0. The van der Waals surface area contributed by atoms with Crippen molar-refractivity contribution in [2.75, 3.05) is 18.5 Å². The number of amides is 1. The van der Waals surface area contributed by atoms with Gasteiger partial charge in [0.2, 0.25) is 0 Å². The molecule has 1 heterocycles. The number of anilines is 1. The Balaban J connectivity index is 2.30. The molecule has 2 aromatic rings. The first-order chi connectivity index (χ1) is 12.9. The number of pyridine rings is 1. The number of hydrogen-bond donors (Lipinski definition) is 1. The summed E-state index contributed by atoms with van der Waals surface area (Å²) in [6.45, 7) is 11.2. The van der Waals surface area contributed by atoms with Crippen LogP contribution in [-0.4, -0.2) is 29.7 Å². The summed E-state index contributed by atoms with van der Waals surface area (Å²) in [6, 6.07) is 7.56. The molecule has 1 amide bonds. The van der Waals surface area contributed by atoms with Crippen LogP contribution in [0.5, 0.6) is 5.75 Å². The lowest BCUT2D eigenvalue weighted by Gasteiger charge is -2.28. The third-order valence-corrected chi connectivity index (χ3v) is 4.50. The van der Waals surface area contributed by atoms with Crippen molar-refractivity contribution in [3.63, 3.8) is 0 Å². The van der Waals surface area contributed by atoms with Crippen LogP contribution in [0.2, 0.25) is 0 Å². The van der Waals surface area contributed by atoms with E-state index in [1.807, 2.05) is 38.1 Å². The first kappa shape index (κ1) is 21.2. The molecule has 0 fully saturated rings. The SMILES string of the molecule is CCCCC(C)(OCC)C(=O)Nc1ccc(OCC(C)C)c2ncccc12. The Bertz CT molecular complexity index is 760. The maximum Gasteiger partial charge on any atom is 0.256 e. The topological polar surface area (TPSA) is 60.5 Å². The highest BCUT2D eigenvalue weighted by atomic mass is 16.5. The largest absolute Gasteiger partial charge is 0.491 e. The van der Waals surface area contributed by atoms with Gasteiger partial charge in [-0.05, 0) is 50.5 Å². The molecule has 0 radical (unpaired) electrons. The molecule has 1 unspecified atom stereocenters. The van der Waals surface area contributed by atoms with Gasteiger partial charge in [-0.2, -0.15) is 0 Å². The van der Waals surface area contributed by atoms with Crippen molar-refractivity contribution in [3.05, 3.63) is 30.5 Å². The molecule has 0 saturated heterocycles. The van der Waals surface area contributed by atoms with Gasteiger partial charge in [0.1, 0.15) is 16.9 Å². The van der Waals surface area contributed by atoms with Gasteiger partial charge in [-0.3, -0.25) is 9.78 Å². The van der Waals surface area contributed by atoms with Gasteiger partial charge in [-0.25, -0.2) is 0 Å². The number of aromatic nitrogens is 1. The van der Waals surface area contributed by atoms with Crippen molar-refractivity contribution in [1.29, 1.82) is 0 Å². The molecule has 148 valence electrons. The summed E-state index contributed by atoms with van der Waals surface area (Å²) in [5.74, 6) is 1.03. The molecular weight excluding hydrogens is 340 g/mol. The highest BCUT2D eigenvalue weighted by Crippen LogP contribution is 2.31. The molecule has 0 spiro atoms. The molecule has 0 saturated carbocycles. The first-order valence-corrected chi connectivity index (χ1v) is 9.87. The van der Waals surface area contributed by atoms with Crippen LogP contribution in [0.1, 0.15) is 53.9 Å². The maximum absolute atomic E-state index is 13.0. The van der Waals surface area contributed by atoms with Crippen LogP contribution in [0.25, 0.3) is 10.9 Å². The predicted octanol–water partition coefficient (Wildman–Crippen LogP) is 5.19.